The Labute approximate surface area is 220 Å². The minimum atomic E-state index is 1.21. The van der Waals surface area contributed by atoms with Gasteiger partial charge in [-0.05, 0) is 50.8 Å². The van der Waals surface area contributed by atoms with Crippen LogP contribution in [0.5, 0.6) is 0 Å². The van der Waals surface area contributed by atoms with Crippen molar-refractivity contribution >= 4 is 22.7 Å². The average Bonchev–Trinajstić information content (AvgIpc) is 3.60. The first-order chi connectivity index (χ1) is 16.6. The van der Waals surface area contributed by atoms with Crippen molar-refractivity contribution in [3.63, 3.8) is 0 Å². The fraction of sp³-hybridized carbons (Fsp3) is 0.400. The number of rotatable bonds is 0. The van der Waals surface area contributed by atoms with Crippen LogP contribution in [0.25, 0.3) is 0 Å². The highest BCUT2D eigenvalue weighted by molar-refractivity contribution is 7.09. The molecule has 0 saturated heterocycles. The SMILES string of the molecule is CC.CC.CC.CC.Cc1ccccc1.Cc1cccnc1.Cc1cccs1.Cc1cncs1. The second-order valence-corrected chi connectivity index (χ2v) is 7.76. The fourth-order valence-electron chi connectivity index (χ4n) is 1.62. The third-order valence-corrected chi connectivity index (χ3v) is 4.47. The number of hydrogen-bond acceptors (Lipinski definition) is 4. The number of benzene rings is 1. The van der Waals surface area contributed by atoms with Crippen LogP contribution in [-0.4, -0.2) is 9.97 Å². The van der Waals surface area contributed by atoms with E-state index >= 15 is 0 Å². The molecule has 4 aromatic rings. The lowest BCUT2D eigenvalue weighted by atomic mass is 10.2. The summed E-state index contributed by atoms with van der Waals surface area (Å²) >= 11 is 3.44. The molecule has 4 rings (SSSR count). The number of aromatic nitrogens is 2. The summed E-state index contributed by atoms with van der Waals surface area (Å²) in [5, 5.41) is 2.08. The second kappa shape index (κ2) is 35.3. The van der Waals surface area contributed by atoms with Crippen LogP contribution in [0.3, 0.4) is 0 Å². The summed E-state index contributed by atoms with van der Waals surface area (Å²) in [7, 11) is 0. The van der Waals surface area contributed by atoms with Gasteiger partial charge in [-0.3, -0.25) is 9.97 Å². The van der Waals surface area contributed by atoms with Crippen LogP contribution in [0, 0.1) is 27.7 Å². The molecule has 1 aromatic carbocycles. The van der Waals surface area contributed by atoms with Gasteiger partial charge < -0.3 is 0 Å². The summed E-state index contributed by atoms with van der Waals surface area (Å²) in [4.78, 5) is 10.4. The number of thiazole rings is 1. The lowest BCUT2D eigenvalue weighted by Crippen LogP contribution is -1.69. The van der Waals surface area contributed by atoms with Crippen molar-refractivity contribution in [1.82, 2.24) is 9.97 Å². The number of thiophene rings is 1. The molecular weight excluding hydrogens is 452 g/mol. The maximum Gasteiger partial charge on any atom is 0.0794 e. The molecule has 192 valence electrons. The van der Waals surface area contributed by atoms with Gasteiger partial charge in [0.15, 0.2) is 0 Å². The molecule has 4 heteroatoms. The van der Waals surface area contributed by atoms with Crippen LogP contribution in [0.15, 0.2) is 84.1 Å². The van der Waals surface area contributed by atoms with E-state index in [1.165, 1.54) is 20.9 Å². The van der Waals surface area contributed by atoms with Crippen LogP contribution in [-0.2, 0) is 0 Å². The highest BCUT2D eigenvalue weighted by Gasteiger charge is 1.76. The van der Waals surface area contributed by atoms with Crippen molar-refractivity contribution in [1.29, 1.82) is 0 Å². The number of nitrogens with zero attached hydrogens (tertiary/aromatic N) is 2. The molecule has 3 heterocycles. The van der Waals surface area contributed by atoms with E-state index in [0.29, 0.717) is 0 Å². The molecule has 0 aliphatic carbocycles. The van der Waals surface area contributed by atoms with E-state index in [2.05, 4.69) is 53.5 Å². The van der Waals surface area contributed by atoms with E-state index in [1.807, 2.05) is 117 Å². The van der Waals surface area contributed by atoms with Gasteiger partial charge in [-0.1, -0.05) is 103 Å². The fourth-order valence-corrected chi connectivity index (χ4v) is 2.56. The van der Waals surface area contributed by atoms with Crippen LogP contribution in [0.1, 0.15) is 76.3 Å². The molecule has 3 aromatic heterocycles. The van der Waals surface area contributed by atoms with E-state index < -0.39 is 0 Å². The summed E-state index contributed by atoms with van der Waals surface area (Å²) in [6, 6.07) is 18.4. The Morgan fingerprint density at radius 1 is 0.500 bits per heavy atom. The molecule has 0 saturated carbocycles. The summed E-state index contributed by atoms with van der Waals surface area (Å²) in [6.45, 7) is 24.2. The maximum absolute atomic E-state index is 3.88. The number of aryl methyl sites for hydroxylation is 4. The Balaban J connectivity index is -0.000000161. The van der Waals surface area contributed by atoms with Gasteiger partial charge >= 0.3 is 0 Å². The zero-order valence-electron chi connectivity index (χ0n) is 23.8. The second-order valence-electron chi connectivity index (χ2n) is 5.52. The summed E-state index contributed by atoms with van der Waals surface area (Å²) in [5.74, 6) is 0. The zero-order chi connectivity index (χ0) is 27.0. The van der Waals surface area contributed by atoms with Crippen LogP contribution >= 0.6 is 22.7 Å². The molecule has 0 aliphatic heterocycles. The molecule has 0 N–H and O–H groups in total. The smallest absolute Gasteiger partial charge is 0.0794 e. The Hall–Kier alpha value is -2.30. The summed E-state index contributed by atoms with van der Waals surface area (Å²) in [6.07, 6.45) is 5.46. The first-order valence-electron chi connectivity index (χ1n) is 12.3. The average molecular weight is 503 g/mol. The Morgan fingerprint density at radius 3 is 1.24 bits per heavy atom. The molecule has 0 bridgehead atoms. The number of hydrogen-bond donors (Lipinski definition) is 0. The molecular formula is C30H50N2S2. The molecule has 0 fully saturated rings. The lowest BCUT2D eigenvalue weighted by molar-refractivity contribution is 1.27. The molecule has 0 spiro atoms. The summed E-state index contributed by atoms with van der Waals surface area (Å²) < 4.78 is 0. The minimum absolute atomic E-state index is 1.21. The van der Waals surface area contributed by atoms with Crippen molar-refractivity contribution < 1.29 is 0 Å². The van der Waals surface area contributed by atoms with Crippen molar-refractivity contribution in [3.05, 3.63) is 105 Å². The zero-order valence-corrected chi connectivity index (χ0v) is 25.4. The molecule has 0 aliphatic rings. The highest BCUT2D eigenvalue weighted by Crippen LogP contribution is 2.03. The van der Waals surface area contributed by atoms with Gasteiger partial charge in [0.25, 0.3) is 0 Å². The van der Waals surface area contributed by atoms with Gasteiger partial charge in [0.05, 0.1) is 5.51 Å². The first-order valence-corrected chi connectivity index (χ1v) is 14.1. The van der Waals surface area contributed by atoms with Crippen molar-refractivity contribution in [2.24, 2.45) is 0 Å². The van der Waals surface area contributed by atoms with E-state index in [4.69, 9.17) is 0 Å². The van der Waals surface area contributed by atoms with Gasteiger partial charge in [-0.25, -0.2) is 0 Å². The monoisotopic (exact) mass is 502 g/mol. The van der Waals surface area contributed by atoms with Crippen LogP contribution in [0.2, 0.25) is 0 Å². The standard InChI is InChI=1S/C7H8.C6H7N.C5H6S.C4H5NS.4C2H6/c1-7-5-3-2-4-6-7;1-6-3-2-4-7-5-6;1-5-3-2-4-6-5;1-4-2-5-3-6-4;4*1-2/h2-6H,1H3;2-5H,1H3;2-4H,1H3;2-3H,1H3;4*1-2H3. The van der Waals surface area contributed by atoms with Gasteiger partial charge in [-0.2, -0.15) is 0 Å². The third kappa shape index (κ3) is 31.9. The predicted molar refractivity (Wildman–Crippen MR) is 161 cm³/mol. The van der Waals surface area contributed by atoms with E-state index in [-0.39, 0.29) is 0 Å². The van der Waals surface area contributed by atoms with E-state index in [1.54, 1.807) is 28.9 Å². The molecule has 2 nitrogen and oxygen atoms in total. The lowest BCUT2D eigenvalue weighted by Gasteiger charge is -1.82. The first kappa shape index (κ1) is 38.9. The van der Waals surface area contributed by atoms with Crippen molar-refractivity contribution in [2.75, 3.05) is 0 Å². The molecule has 0 radical (unpaired) electrons. The number of pyridine rings is 1. The van der Waals surface area contributed by atoms with Gasteiger partial charge in [0.1, 0.15) is 0 Å². The van der Waals surface area contributed by atoms with Gasteiger partial charge in [0, 0.05) is 28.3 Å². The molecule has 0 atom stereocenters. The molecule has 0 unspecified atom stereocenters. The van der Waals surface area contributed by atoms with Gasteiger partial charge in [0.2, 0.25) is 0 Å². The van der Waals surface area contributed by atoms with E-state index in [0.717, 1.165) is 0 Å². The maximum atomic E-state index is 3.88. The highest BCUT2D eigenvalue weighted by atomic mass is 32.1. The minimum Gasteiger partial charge on any atom is -0.264 e. The van der Waals surface area contributed by atoms with Crippen molar-refractivity contribution in [2.45, 2.75) is 83.1 Å². The predicted octanol–water partition coefficient (Wildman–Crippen LogP) is 11.0. The van der Waals surface area contributed by atoms with Crippen LogP contribution < -0.4 is 0 Å². The Kier molecular flexibility index (Phi) is 40.4. The quantitative estimate of drug-likeness (QED) is 0.239. The summed E-state index contributed by atoms with van der Waals surface area (Å²) in [5.41, 5.74) is 4.36. The molecule has 34 heavy (non-hydrogen) atoms. The van der Waals surface area contributed by atoms with Crippen LogP contribution in [0.4, 0.5) is 0 Å². The normalized spacial score (nSPS) is 7.41. The molecule has 0 amide bonds. The largest absolute Gasteiger partial charge is 0.264 e. The third-order valence-electron chi connectivity index (χ3n) is 2.97. The Bertz CT molecular complexity index is 698. The Morgan fingerprint density at radius 2 is 1.06 bits per heavy atom. The van der Waals surface area contributed by atoms with Gasteiger partial charge in [-0.15, -0.1) is 22.7 Å². The van der Waals surface area contributed by atoms with E-state index in [9.17, 15) is 0 Å². The topological polar surface area (TPSA) is 25.8 Å². The van der Waals surface area contributed by atoms with Crippen molar-refractivity contribution in [3.8, 4) is 0 Å².